The van der Waals surface area contributed by atoms with Crippen LogP contribution in [0.15, 0.2) is 23.6 Å². The zero-order valence-corrected chi connectivity index (χ0v) is 12.5. The standard InChI is InChI=1S/C14H20N4S/c1-4-15-14-16-11(2)10-13(17-14)18(3)8-7-12-6-5-9-19-12/h5-6,9-10H,4,7-8H2,1-3H3,(H,15,16,17). The molecule has 2 aromatic heterocycles. The minimum Gasteiger partial charge on any atom is -0.359 e. The van der Waals surface area contributed by atoms with E-state index in [0.717, 1.165) is 31.0 Å². The van der Waals surface area contributed by atoms with Crippen LogP contribution in [0.4, 0.5) is 11.8 Å². The summed E-state index contributed by atoms with van der Waals surface area (Å²) in [6, 6.07) is 6.29. The summed E-state index contributed by atoms with van der Waals surface area (Å²) in [6.07, 6.45) is 1.05. The van der Waals surface area contributed by atoms with Crippen LogP contribution in [0.25, 0.3) is 0 Å². The van der Waals surface area contributed by atoms with Crippen molar-refractivity contribution in [1.82, 2.24) is 9.97 Å². The number of aryl methyl sites for hydroxylation is 1. The minimum absolute atomic E-state index is 0.709. The van der Waals surface area contributed by atoms with Gasteiger partial charge in [0.25, 0.3) is 0 Å². The quantitative estimate of drug-likeness (QED) is 0.880. The Labute approximate surface area is 118 Å². The lowest BCUT2D eigenvalue weighted by Crippen LogP contribution is -2.22. The number of anilines is 2. The molecule has 0 bridgehead atoms. The Kier molecular flexibility index (Phi) is 4.74. The highest BCUT2D eigenvalue weighted by molar-refractivity contribution is 7.09. The lowest BCUT2D eigenvalue weighted by molar-refractivity contribution is 0.861. The van der Waals surface area contributed by atoms with Crippen molar-refractivity contribution in [3.8, 4) is 0 Å². The predicted octanol–water partition coefficient (Wildman–Crippen LogP) is 2.96. The Morgan fingerprint density at radius 3 is 2.89 bits per heavy atom. The van der Waals surface area contributed by atoms with Crippen molar-refractivity contribution in [3.63, 3.8) is 0 Å². The largest absolute Gasteiger partial charge is 0.359 e. The van der Waals surface area contributed by atoms with Gasteiger partial charge in [-0.1, -0.05) is 6.07 Å². The van der Waals surface area contributed by atoms with Crippen molar-refractivity contribution in [3.05, 3.63) is 34.2 Å². The fourth-order valence-electron chi connectivity index (χ4n) is 1.83. The lowest BCUT2D eigenvalue weighted by Gasteiger charge is -2.18. The van der Waals surface area contributed by atoms with Crippen LogP contribution in [0, 0.1) is 6.92 Å². The Balaban J connectivity index is 2.03. The van der Waals surface area contributed by atoms with E-state index < -0.39 is 0 Å². The summed E-state index contributed by atoms with van der Waals surface area (Å²) >= 11 is 1.80. The van der Waals surface area contributed by atoms with Crippen LogP contribution in [0.1, 0.15) is 17.5 Å². The first-order valence-corrected chi connectivity index (χ1v) is 7.40. The molecular formula is C14H20N4S. The van der Waals surface area contributed by atoms with E-state index in [2.05, 4.69) is 44.7 Å². The van der Waals surface area contributed by atoms with Gasteiger partial charge in [-0.05, 0) is 31.7 Å². The Morgan fingerprint density at radius 2 is 2.21 bits per heavy atom. The zero-order valence-electron chi connectivity index (χ0n) is 11.7. The van der Waals surface area contributed by atoms with Crippen LogP contribution >= 0.6 is 11.3 Å². The summed E-state index contributed by atoms with van der Waals surface area (Å²) in [7, 11) is 2.07. The van der Waals surface area contributed by atoms with Crippen molar-refractivity contribution < 1.29 is 0 Å². The van der Waals surface area contributed by atoms with Gasteiger partial charge >= 0.3 is 0 Å². The van der Waals surface area contributed by atoms with E-state index in [9.17, 15) is 0 Å². The summed E-state index contributed by atoms with van der Waals surface area (Å²) in [4.78, 5) is 12.5. The highest BCUT2D eigenvalue weighted by Gasteiger charge is 2.07. The number of thiophene rings is 1. The third kappa shape index (κ3) is 3.92. The van der Waals surface area contributed by atoms with Crippen molar-refractivity contribution in [2.75, 3.05) is 30.4 Å². The molecule has 5 heteroatoms. The Morgan fingerprint density at radius 1 is 1.37 bits per heavy atom. The summed E-state index contributed by atoms with van der Waals surface area (Å²) in [5.41, 5.74) is 0.990. The van der Waals surface area contributed by atoms with Crippen LogP contribution in [0.2, 0.25) is 0 Å². The average molecular weight is 276 g/mol. The molecule has 0 fully saturated rings. The first-order valence-electron chi connectivity index (χ1n) is 6.52. The van der Waals surface area contributed by atoms with Crippen LogP contribution in [-0.4, -0.2) is 30.1 Å². The van der Waals surface area contributed by atoms with Gasteiger partial charge in [0, 0.05) is 36.8 Å². The number of nitrogens with one attached hydrogen (secondary N) is 1. The van der Waals surface area contributed by atoms with Crippen LogP contribution in [-0.2, 0) is 6.42 Å². The van der Waals surface area contributed by atoms with Crippen LogP contribution in [0.5, 0.6) is 0 Å². The summed E-state index contributed by atoms with van der Waals surface area (Å²) in [5, 5.41) is 5.28. The lowest BCUT2D eigenvalue weighted by atomic mass is 10.3. The van der Waals surface area contributed by atoms with E-state index in [-0.39, 0.29) is 0 Å². The normalized spacial score (nSPS) is 10.5. The van der Waals surface area contributed by atoms with Crippen molar-refractivity contribution in [1.29, 1.82) is 0 Å². The number of aromatic nitrogens is 2. The van der Waals surface area contributed by atoms with Crippen molar-refractivity contribution in [2.24, 2.45) is 0 Å². The summed E-state index contributed by atoms with van der Waals surface area (Å²) in [6.45, 7) is 5.84. The third-order valence-corrected chi connectivity index (χ3v) is 3.78. The molecule has 0 radical (unpaired) electrons. The molecule has 0 amide bonds. The fourth-order valence-corrected chi connectivity index (χ4v) is 2.53. The van der Waals surface area contributed by atoms with Gasteiger partial charge in [0.15, 0.2) is 0 Å². The molecule has 0 saturated heterocycles. The smallest absolute Gasteiger partial charge is 0.224 e. The van der Waals surface area contributed by atoms with Gasteiger partial charge in [-0.25, -0.2) is 4.98 Å². The fraction of sp³-hybridized carbons (Fsp3) is 0.429. The molecule has 102 valence electrons. The van der Waals surface area contributed by atoms with Gasteiger partial charge in [-0.3, -0.25) is 0 Å². The summed E-state index contributed by atoms with van der Waals surface area (Å²) in [5.74, 6) is 1.68. The molecule has 4 nitrogen and oxygen atoms in total. The van der Waals surface area contributed by atoms with Gasteiger partial charge in [-0.2, -0.15) is 4.98 Å². The van der Waals surface area contributed by atoms with Crippen LogP contribution < -0.4 is 10.2 Å². The first kappa shape index (κ1) is 13.8. The number of nitrogens with zero attached hydrogens (tertiary/aromatic N) is 3. The molecule has 0 aliphatic rings. The predicted molar refractivity (Wildman–Crippen MR) is 82.2 cm³/mol. The average Bonchev–Trinajstić information content (AvgIpc) is 2.88. The second-order valence-electron chi connectivity index (χ2n) is 4.47. The number of rotatable bonds is 6. The Hall–Kier alpha value is -1.62. The zero-order chi connectivity index (χ0) is 13.7. The molecule has 2 aromatic rings. The molecule has 0 spiro atoms. The molecule has 0 atom stereocenters. The van der Waals surface area contributed by atoms with E-state index >= 15 is 0 Å². The van der Waals surface area contributed by atoms with E-state index in [0.29, 0.717) is 5.95 Å². The summed E-state index contributed by atoms with van der Waals surface area (Å²) < 4.78 is 0. The molecule has 0 aliphatic carbocycles. The highest BCUT2D eigenvalue weighted by atomic mass is 32.1. The van der Waals surface area contributed by atoms with Crippen molar-refractivity contribution >= 4 is 23.1 Å². The molecule has 0 aliphatic heterocycles. The van der Waals surface area contributed by atoms with Gasteiger partial charge < -0.3 is 10.2 Å². The number of likely N-dealkylation sites (N-methyl/N-ethyl adjacent to an activating group) is 1. The molecule has 2 heterocycles. The third-order valence-electron chi connectivity index (χ3n) is 2.84. The molecular weight excluding hydrogens is 256 g/mol. The number of hydrogen-bond donors (Lipinski definition) is 1. The number of hydrogen-bond acceptors (Lipinski definition) is 5. The van der Waals surface area contributed by atoms with Crippen molar-refractivity contribution in [2.45, 2.75) is 20.3 Å². The van der Waals surface area contributed by atoms with Gasteiger partial charge in [0.1, 0.15) is 5.82 Å². The van der Waals surface area contributed by atoms with E-state index in [4.69, 9.17) is 0 Å². The monoisotopic (exact) mass is 276 g/mol. The van der Waals surface area contributed by atoms with Crippen LogP contribution in [0.3, 0.4) is 0 Å². The van der Waals surface area contributed by atoms with Gasteiger partial charge in [0.05, 0.1) is 0 Å². The topological polar surface area (TPSA) is 41.1 Å². The van der Waals surface area contributed by atoms with Gasteiger partial charge in [-0.15, -0.1) is 11.3 Å². The minimum atomic E-state index is 0.709. The van der Waals surface area contributed by atoms with Gasteiger partial charge in [0.2, 0.25) is 5.95 Å². The molecule has 0 unspecified atom stereocenters. The maximum atomic E-state index is 4.53. The van der Waals surface area contributed by atoms with E-state index in [1.54, 1.807) is 11.3 Å². The SMILES string of the molecule is CCNc1nc(C)cc(N(C)CCc2cccs2)n1. The first-order chi connectivity index (χ1) is 9.19. The molecule has 19 heavy (non-hydrogen) atoms. The molecule has 1 N–H and O–H groups in total. The second-order valence-corrected chi connectivity index (χ2v) is 5.50. The second kappa shape index (κ2) is 6.52. The maximum Gasteiger partial charge on any atom is 0.224 e. The Bertz CT molecular complexity index is 510. The molecule has 0 saturated carbocycles. The maximum absolute atomic E-state index is 4.53. The molecule has 2 rings (SSSR count). The van der Waals surface area contributed by atoms with E-state index in [1.165, 1.54) is 4.88 Å². The highest BCUT2D eigenvalue weighted by Crippen LogP contribution is 2.15. The molecule has 0 aromatic carbocycles. The van der Waals surface area contributed by atoms with E-state index in [1.807, 2.05) is 19.9 Å².